The molecule has 0 spiro atoms. The van der Waals surface area contributed by atoms with Gasteiger partial charge in [-0.05, 0) is 37.8 Å². The Balaban J connectivity index is 2.05. The number of nitrogens with one attached hydrogen (secondary N) is 1. The van der Waals surface area contributed by atoms with E-state index in [2.05, 4.69) is 44.0 Å². The van der Waals surface area contributed by atoms with Crippen LogP contribution in [0.2, 0.25) is 0 Å². The van der Waals surface area contributed by atoms with Crippen LogP contribution in [0.3, 0.4) is 0 Å². The van der Waals surface area contributed by atoms with E-state index >= 15 is 0 Å². The number of nitrogens with zero attached hydrogens (tertiary/aromatic N) is 1. The highest BCUT2D eigenvalue weighted by Crippen LogP contribution is 2.27. The summed E-state index contributed by atoms with van der Waals surface area (Å²) in [6.07, 6.45) is 4.21. The lowest BCUT2D eigenvalue weighted by Gasteiger charge is -2.43. The first-order chi connectivity index (χ1) is 9.11. The zero-order valence-corrected chi connectivity index (χ0v) is 12.7. The zero-order chi connectivity index (χ0) is 13.8. The minimum Gasteiger partial charge on any atom is -0.468 e. The number of furan rings is 1. The fraction of sp³-hybridized carbons (Fsp3) is 0.750. The molecule has 0 aromatic carbocycles. The van der Waals surface area contributed by atoms with Gasteiger partial charge in [0.2, 0.25) is 0 Å². The predicted molar refractivity (Wildman–Crippen MR) is 79.2 cm³/mol. The van der Waals surface area contributed by atoms with E-state index in [0.717, 1.165) is 24.8 Å². The monoisotopic (exact) mass is 264 g/mol. The van der Waals surface area contributed by atoms with Gasteiger partial charge in [-0.25, -0.2) is 0 Å². The third-order valence-corrected chi connectivity index (χ3v) is 4.22. The molecule has 0 radical (unpaired) electrons. The summed E-state index contributed by atoms with van der Waals surface area (Å²) in [4.78, 5) is 2.61. The molecule has 19 heavy (non-hydrogen) atoms. The molecule has 3 heteroatoms. The molecule has 0 saturated carbocycles. The molecule has 2 rings (SSSR count). The van der Waals surface area contributed by atoms with E-state index in [1.54, 1.807) is 6.26 Å². The first kappa shape index (κ1) is 14.6. The van der Waals surface area contributed by atoms with Crippen LogP contribution in [0.4, 0.5) is 0 Å². The highest BCUT2D eigenvalue weighted by molar-refractivity contribution is 5.05. The highest BCUT2D eigenvalue weighted by atomic mass is 16.3. The Morgan fingerprint density at radius 3 is 2.79 bits per heavy atom. The van der Waals surface area contributed by atoms with E-state index < -0.39 is 0 Å². The van der Waals surface area contributed by atoms with Crippen molar-refractivity contribution in [2.45, 2.75) is 58.7 Å². The molecule has 1 N–H and O–H groups in total. The van der Waals surface area contributed by atoms with E-state index in [4.69, 9.17) is 4.42 Å². The third-order valence-electron chi connectivity index (χ3n) is 4.22. The average molecular weight is 264 g/mol. The fourth-order valence-electron chi connectivity index (χ4n) is 3.16. The van der Waals surface area contributed by atoms with Crippen LogP contribution in [0.15, 0.2) is 22.8 Å². The van der Waals surface area contributed by atoms with Crippen LogP contribution in [0, 0.1) is 5.92 Å². The normalized spacial score (nSPS) is 26.8. The molecule has 0 aliphatic carbocycles. The maximum absolute atomic E-state index is 5.60. The Labute approximate surface area is 117 Å². The van der Waals surface area contributed by atoms with Gasteiger partial charge < -0.3 is 9.73 Å². The van der Waals surface area contributed by atoms with Gasteiger partial charge in [-0.2, -0.15) is 0 Å². The summed E-state index contributed by atoms with van der Waals surface area (Å²) in [5, 5.41) is 3.71. The molecule has 1 aliphatic heterocycles. The molecule has 3 unspecified atom stereocenters. The Kier molecular flexibility index (Phi) is 5.06. The number of hydrogen-bond acceptors (Lipinski definition) is 3. The van der Waals surface area contributed by atoms with Gasteiger partial charge in [-0.15, -0.1) is 0 Å². The third kappa shape index (κ3) is 3.61. The van der Waals surface area contributed by atoms with Gasteiger partial charge in [0.15, 0.2) is 0 Å². The van der Waals surface area contributed by atoms with Gasteiger partial charge >= 0.3 is 0 Å². The van der Waals surface area contributed by atoms with E-state index in [0.29, 0.717) is 18.1 Å². The molecule has 1 fully saturated rings. The second kappa shape index (κ2) is 6.58. The SMILES string of the molecule is CCC1CNC(CC(C)C)CN1C(C)c1ccco1. The summed E-state index contributed by atoms with van der Waals surface area (Å²) in [6, 6.07) is 5.68. The molecule has 108 valence electrons. The van der Waals surface area contributed by atoms with Crippen LogP contribution < -0.4 is 5.32 Å². The van der Waals surface area contributed by atoms with Crippen molar-refractivity contribution in [1.29, 1.82) is 0 Å². The summed E-state index contributed by atoms with van der Waals surface area (Å²) >= 11 is 0. The van der Waals surface area contributed by atoms with Crippen molar-refractivity contribution in [3.63, 3.8) is 0 Å². The number of piperazine rings is 1. The molecule has 1 saturated heterocycles. The van der Waals surface area contributed by atoms with Crippen molar-refractivity contribution in [3.8, 4) is 0 Å². The van der Waals surface area contributed by atoms with Crippen molar-refractivity contribution >= 4 is 0 Å². The topological polar surface area (TPSA) is 28.4 Å². The van der Waals surface area contributed by atoms with Gasteiger partial charge in [0.1, 0.15) is 5.76 Å². The molecule has 0 bridgehead atoms. The summed E-state index contributed by atoms with van der Waals surface area (Å²) in [6.45, 7) is 11.4. The van der Waals surface area contributed by atoms with Crippen LogP contribution >= 0.6 is 0 Å². The Morgan fingerprint density at radius 2 is 2.21 bits per heavy atom. The van der Waals surface area contributed by atoms with E-state index in [1.165, 1.54) is 12.8 Å². The van der Waals surface area contributed by atoms with Crippen molar-refractivity contribution in [1.82, 2.24) is 10.2 Å². The number of hydrogen-bond donors (Lipinski definition) is 1. The fourth-order valence-corrected chi connectivity index (χ4v) is 3.16. The molecule has 1 aromatic heterocycles. The van der Waals surface area contributed by atoms with Crippen molar-refractivity contribution in [3.05, 3.63) is 24.2 Å². The summed E-state index contributed by atoms with van der Waals surface area (Å²) < 4.78 is 5.60. The van der Waals surface area contributed by atoms with Gasteiger partial charge in [0.05, 0.1) is 12.3 Å². The van der Waals surface area contributed by atoms with Gasteiger partial charge in [0.25, 0.3) is 0 Å². The Bertz CT molecular complexity index is 361. The molecule has 3 atom stereocenters. The standard InChI is InChI=1S/C16H28N2O/c1-5-15-10-17-14(9-12(2)3)11-18(15)13(4)16-7-6-8-19-16/h6-8,12-15,17H,5,9-11H2,1-4H3. The maximum Gasteiger partial charge on any atom is 0.120 e. The van der Waals surface area contributed by atoms with Crippen molar-refractivity contribution in [2.24, 2.45) is 5.92 Å². The molecule has 0 amide bonds. The zero-order valence-electron chi connectivity index (χ0n) is 12.7. The molecular weight excluding hydrogens is 236 g/mol. The lowest BCUT2D eigenvalue weighted by Crippen LogP contribution is -2.57. The molecular formula is C16H28N2O. The van der Waals surface area contributed by atoms with Crippen molar-refractivity contribution < 1.29 is 4.42 Å². The second-order valence-corrected chi connectivity index (χ2v) is 6.18. The lowest BCUT2D eigenvalue weighted by atomic mass is 9.97. The van der Waals surface area contributed by atoms with Gasteiger partial charge in [-0.1, -0.05) is 20.8 Å². The van der Waals surface area contributed by atoms with E-state index in [9.17, 15) is 0 Å². The van der Waals surface area contributed by atoms with E-state index in [1.807, 2.05) is 6.07 Å². The minimum absolute atomic E-state index is 0.372. The largest absolute Gasteiger partial charge is 0.468 e. The van der Waals surface area contributed by atoms with Crippen LogP contribution in [0.25, 0.3) is 0 Å². The Morgan fingerprint density at radius 1 is 1.42 bits per heavy atom. The van der Waals surface area contributed by atoms with E-state index in [-0.39, 0.29) is 0 Å². The molecule has 3 nitrogen and oxygen atoms in total. The quantitative estimate of drug-likeness (QED) is 0.883. The van der Waals surface area contributed by atoms with Crippen LogP contribution in [0.5, 0.6) is 0 Å². The van der Waals surface area contributed by atoms with Crippen molar-refractivity contribution in [2.75, 3.05) is 13.1 Å². The highest BCUT2D eigenvalue weighted by Gasteiger charge is 2.31. The minimum atomic E-state index is 0.372. The molecule has 2 heterocycles. The van der Waals surface area contributed by atoms with Gasteiger partial charge in [-0.3, -0.25) is 4.90 Å². The van der Waals surface area contributed by atoms with Crippen LogP contribution in [-0.2, 0) is 0 Å². The maximum atomic E-state index is 5.60. The second-order valence-electron chi connectivity index (χ2n) is 6.18. The smallest absolute Gasteiger partial charge is 0.120 e. The summed E-state index contributed by atoms with van der Waals surface area (Å²) in [5.74, 6) is 1.83. The van der Waals surface area contributed by atoms with Crippen LogP contribution in [-0.4, -0.2) is 30.1 Å². The van der Waals surface area contributed by atoms with Gasteiger partial charge in [0, 0.05) is 25.2 Å². The predicted octanol–water partition coefficient (Wildman–Crippen LogP) is 3.44. The summed E-state index contributed by atoms with van der Waals surface area (Å²) in [7, 11) is 0. The first-order valence-electron chi connectivity index (χ1n) is 7.64. The lowest BCUT2D eigenvalue weighted by molar-refractivity contribution is 0.0707. The average Bonchev–Trinajstić information content (AvgIpc) is 2.91. The summed E-state index contributed by atoms with van der Waals surface area (Å²) in [5.41, 5.74) is 0. The molecule has 1 aliphatic rings. The molecule has 1 aromatic rings. The Hall–Kier alpha value is -0.800. The van der Waals surface area contributed by atoms with Crippen LogP contribution in [0.1, 0.15) is 52.3 Å². The first-order valence-corrected chi connectivity index (χ1v) is 7.64. The number of rotatable bonds is 5.